The Morgan fingerprint density at radius 3 is 2.53 bits per heavy atom. The van der Waals surface area contributed by atoms with Gasteiger partial charge in [-0.25, -0.2) is 9.97 Å². The van der Waals surface area contributed by atoms with E-state index in [0.29, 0.717) is 17.8 Å². The van der Waals surface area contributed by atoms with Crippen molar-refractivity contribution in [1.82, 2.24) is 14.9 Å². The van der Waals surface area contributed by atoms with E-state index in [2.05, 4.69) is 48.1 Å². The highest BCUT2D eigenvalue weighted by Crippen LogP contribution is 2.21. The van der Waals surface area contributed by atoms with Gasteiger partial charge in [0, 0.05) is 12.6 Å². The maximum Gasteiger partial charge on any atom is 0.221 e. The number of hydrogen-bond donors (Lipinski definition) is 1. The van der Waals surface area contributed by atoms with Crippen molar-refractivity contribution in [2.24, 2.45) is 5.92 Å². The Morgan fingerprint density at radius 2 is 2.00 bits per heavy atom. The van der Waals surface area contributed by atoms with Crippen molar-refractivity contribution in [3.63, 3.8) is 0 Å². The molecular formula is C14H26N4O. The minimum Gasteiger partial charge on any atom is -0.481 e. The van der Waals surface area contributed by atoms with E-state index in [0.717, 1.165) is 24.3 Å². The maximum atomic E-state index is 5.23. The summed E-state index contributed by atoms with van der Waals surface area (Å²) in [5.41, 5.74) is 0.956. The van der Waals surface area contributed by atoms with E-state index < -0.39 is 0 Å². The van der Waals surface area contributed by atoms with Crippen molar-refractivity contribution in [3.8, 4) is 5.88 Å². The summed E-state index contributed by atoms with van der Waals surface area (Å²) in [5, 5.41) is 3.51. The zero-order valence-electron chi connectivity index (χ0n) is 12.9. The third kappa shape index (κ3) is 5.03. The summed E-state index contributed by atoms with van der Waals surface area (Å²) in [5.74, 6) is 2.13. The van der Waals surface area contributed by atoms with Crippen molar-refractivity contribution in [2.75, 3.05) is 33.1 Å². The molecule has 0 radical (unpaired) electrons. The van der Waals surface area contributed by atoms with Crippen LogP contribution in [0.5, 0.6) is 5.88 Å². The second-order valence-electron chi connectivity index (χ2n) is 5.59. The summed E-state index contributed by atoms with van der Waals surface area (Å²) in [6.45, 7) is 7.42. The number of methoxy groups -OCH3 is 1. The SMILES string of the molecule is COc1ncnc(NC(CC(C)C)CN(C)C)c1C. The predicted octanol–water partition coefficient (Wildman–Crippen LogP) is 2.18. The Labute approximate surface area is 116 Å². The van der Waals surface area contributed by atoms with Gasteiger partial charge in [0.2, 0.25) is 5.88 Å². The summed E-state index contributed by atoms with van der Waals surface area (Å²) in [6.07, 6.45) is 2.64. The predicted molar refractivity (Wildman–Crippen MR) is 78.7 cm³/mol. The second kappa shape index (κ2) is 7.28. The molecule has 108 valence electrons. The normalized spacial score (nSPS) is 12.8. The Kier molecular flexibility index (Phi) is 6.02. The molecule has 0 aliphatic rings. The molecule has 19 heavy (non-hydrogen) atoms. The minimum atomic E-state index is 0.369. The van der Waals surface area contributed by atoms with E-state index in [4.69, 9.17) is 4.74 Å². The molecule has 0 aromatic carbocycles. The third-order valence-electron chi connectivity index (χ3n) is 2.91. The Morgan fingerprint density at radius 1 is 1.32 bits per heavy atom. The van der Waals surface area contributed by atoms with Crippen molar-refractivity contribution in [1.29, 1.82) is 0 Å². The van der Waals surface area contributed by atoms with Crippen LogP contribution in [-0.2, 0) is 0 Å². The van der Waals surface area contributed by atoms with Crippen LogP contribution in [0.15, 0.2) is 6.33 Å². The van der Waals surface area contributed by atoms with E-state index in [1.54, 1.807) is 7.11 Å². The van der Waals surface area contributed by atoms with E-state index in [9.17, 15) is 0 Å². The zero-order chi connectivity index (χ0) is 14.4. The Hall–Kier alpha value is -1.36. The van der Waals surface area contributed by atoms with Gasteiger partial charge in [-0.3, -0.25) is 0 Å². The van der Waals surface area contributed by atoms with Crippen LogP contribution >= 0.6 is 0 Å². The zero-order valence-corrected chi connectivity index (χ0v) is 12.9. The molecule has 0 amide bonds. The van der Waals surface area contributed by atoms with Gasteiger partial charge >= 0.3 is 0 Å². The molecule has 0 saturated heterocycles. The van der Waals surface area contributed by atoms with Crippen molar-refractivity contribution in [3.05, 3.63) is 11.9 Å². The number of aromatic nitrogens is 2. The van der Waals surface area contributed by atoms with Gasteiger partial charge in [-0.15, -0.1) is 0 Å². The number of anilines is 1. The fourth-order valence-corrected chi connectivity index (χ4v) is 2.17. The number of rotatable bonds is 7. The van der Waals surface area contributed by atoms with Gasteiger partial charge in [0.25, 0.3) is 0 Å². The van der Waals surface area contributed by atoms with Crippen molar-refractivity contribution in [2.45, 2.75) is 33.2 Å². The molecule has 5 nitrogen and oxygen atoms in total. The summed E-state index contributed by atoms with van der Waals surface area (Å²) >= 11 is 0. The first-order chi connectivity index (χ1) is 8.93. The lowest BCUT2D eigenvalue weighted by Crippen LogP contribution is -2.34. The van der Waals surface area contributed by atoms with Crippen LogP contribution in [0.4, 0.5) is 5.82 Å². The van der Waals surface area contributed by atoms with Crippen LogP contribution in [0.2, 0.25) is 0 Å². The molecular weight excluding hydrogens is 240 g/mol. The molecule has 0 aliphatic carbocycles. The quantitative estimate of drug-likeness (QED) is 0.820. The Balaban J connectivity index is 2.83. The van der Waals surface area contributed by atoms with Gasteiger partial charge in [0.15, 0.2) is 0 Å². The number of hydrogen-bond acceptors (Lipinski definition) is 5. The number of ether oxygens (including phenoxy) is 1. The monoisotopic (exact) mass is 266 g/mol. The molecule has 5 heteroatoms. The van der Waals surface area contributed by atoms with Gasteiger partial charge in [-0.2, -0.15) is 0 Å². The van der Waals surface area contributed by atoms with Crippen LogP contribution in [0.25, 0.3) is 0 Å². The highest BCUT2D eigenvalue weighted by atomic mass is 16.5. The molecule has 1 N–H and O–H groups in total. The first kappa shape index (κ1) is 15.7. The van der Waals surface area contributed by atoms with E-state index in [1.165, 1.54) is 6.33 Å². The van der Waals surface area contributed by atoms with E-state index in [-0.39, 0.29) is 0 Å². The molecule has 1 rings (SSSR count). The first-order valence-corrected chi connectivity index (χ1v) is 6.70. The molecule has 0 saturated carbocycles. The summed E-state index contributed by atoms with van der Waals surface area (Å²) in [7, 11) is 5.80. The average molecular weight is 266 g/mol. The average Bonchev–Trinajstić information content (AvgIpc) is 2.30. The minimum absolute atomic E-state index is 0.369. The Bertz CT molecular complexity index is 383. The van der Waals surface area contributed by atoms with Crippen LogP contribution < -0.4 is 10.1 Å². The van der Waals surface area contributed by atoms with Crippen LogP contribution in [-0.4, -0.2) is 48.7 Å². The standard InChI is InChI=1S/C14H26N4O/c1-10(2)7-12(8-18(4)5)17-13-11(3)14(19-6)16-9-15-13/h9-10,12H,7-8H2,1-6H3,(H,15,16,17). The fraction of sp³-hybridized carbons (Fsp3) is 0.714. The fourth-order valence-electron chi connectivity index (χ4n) is 2.17. The summed E-state index contributed by atoms with van der Waals surface area (Å²) in [4.78, 5) is 10.6. The summed E-state index contributed by atoms with van der Waals surface area (Å²) in [6, 6.07) is 0.369. The van der Waals surface area contributed by atoms with Gasteiger partial charge in [-0.05, 0) is 33.4 Å². The lowest BCUT2D eigenvalue weighted by molar-refractivity contribution is 0.355. The number of nitrogens with zero attached hydrogens (tertiary/aromatic N) is 3. The number of nitrogens with one attached hydrogen (secondary N) is 1. The third-order valence-corrected chi connectivity index (χ3v) is 2.91. The molecule has 0 fully saturated rings. The lowest BCUT2D eigenvalue weighted by Gasteiger charge is -2.25. The van der Waals surface area contributed by atoms with Gasteiger partial charge in [-0.1, -0.05) is 13.8 Å². The molecule has 1 aromatic rings. The van der Waals surface area contributed by atoms with Gasteiger partial charge < -0.3 is 15.0 Å². The number of likely N-dealkylation sites (N-methyl/N-ethyl adjacent to an activating group) is 1. The van der Waals surface area contributed by atoms with Crippen molar-refractivity contribution < 1.29 is 4.74 Å². The largest absolute Gasteiger partial charge is 0.481 e. The van der Waals surface area contributed by atoms with Crippen LogP contribution in [0.1, 0.15) is 25.8 Å². The molecule has 1 unspecified atom stereocenters. The van der Waals surface area contributed by atoms with Crippen LogP contribution in [0.3, 0.4) is 0 Å². The van der Waals surface area contributed by atoms with Crippen molar-refractivity contribution >= 4 is 5.82 Å². The molecule has 1 aromatic heterocycles. The second-order valence-corrected chi connectivity index (χ2v) is 5.59. The highest BCUT2D eigenvalue weighted by Gasteiger charge is 2.15. The maximum absolute atomic E-state index is 5.23. The smallest absolute Gasteiger partial charge is 0.221 e. The van der Waals surface area contributed by atoms with Gasteiger partial charge in [0.1, 0.15) is 12.1 Å². The molecule has 1 atom stereocenters. The van der Waals surface area contributed by atoms with E-state index in [1.807, 2.05) is 6.92 Å². The lowest BCUT2D eigenvalue weighted by atomic mass is 10.0. The topological polar surface area (TPSA) is 50.3 Å². The molecule has 1 heterocycles. The highest BCUT2D eigenvalue weighted by molar-refractivity contribution is 5.48. The van der Waals surface area contributed by atoms with E-state index >= 15 is 0 Å². The summed E-state index contributed by atoms with van der Waals surface area (Å²) < 4.78 is 5.23. The molecule has 0 aliphatic heterocycles. The molecule has 0 spiro atoms. The first-order valence-electron chi connectivity index (χ1n) is 6.70. The molecule has 0 bridgehead atoms. The van der Waals surface area contributed by atoms with Gasteiger partial charge in [0.05, 0.1) is 12.7 Å². The van der Waals surface area contributed by atoms with Crippen LogP contribution in [0, 0.1) is 12.8 Å².